The standard InChI is InChI=1S/C12H23O/c1-4-5-6-7-8-9-10-13-11-12(2)3/h10H,2,4-9,11H2,1,3H3. The number of hydrogen-bond acceptors (Lipinski definition) is 1. The first kappa shape index (κ1) is 12.7. The highest BCUT2D eigenvalue weighted by Crippen LogP contribution is 2.06. The molecule has 0 saturated carbocycles. The van der Waals surface area contributed by atoms with Gasteiger partial charge in [0.05, 0.1) is 13.2 Å². The van der Waals surface area contributed by atoms with Crippen molar-refractivity contribution >= 4 is 0 Å². The minimum Gasteiger partial charge on any atom is -0.371 e. The molecule has 13 heavy (non-hydrogen) atoms. The second-order valence-electron chi connectivity index (χ2n) is 3.64. The van der Waals surface area contributed by atoms with Crippen LogP contribution in [0.2, 0.25) is 0 Å². The van der Waals surface area contributed by atoms with E-state index in [1.165, 1.54) is 32.1 Å². The Kier molecular flexibility index (Phi) is 9.56. The van der Waals surface area contributed by atoms with Gasteiger partial charge < -0.3 is 4.74 Å². The molecule has 0 rings (SSSR count). The Morgan fingerprint density at radius 2 is 1.92 bits per heavy atom. The molecule has 1 nitrogen and oxygen atoms in total. The lowest BCUT2D eigenvalue weighted by atomic mass is 10.1. The average molecular weight is 183 g/mol. The van der Waals surface area contributed by atoms with Crippen molar-refractivity contribution in [1.29, 1.82) is 0 Å². The Hall–Kier alpha value is -0.300. The third-order valence-electron chi connectivity index (χ3n) is 1.87. The lowest BCUT2D eigenvalue weighted by molar-refractivity contribution is 0.215. The van der Waals surface area contributed by atoms with E-state index in [2.05, 4.69) is 13.5 Å². The fourth-order valence-corrected chi connectivity index (χ4v) is 1.12. The minimum absolute atomic E-state index is 0.676. The molecule has 0 atom stereocenters. The highest BCUT2D eigenvalue weighted by molar-refractivity contribution is 4.87. The van der Waals surface area contributed by atoms with Gasteiger partial charge in [0.15, 0.2) is 0 Å². The molecule has 0 aliphatic rings. The van der Waals surface area contributed by atoms with Crippen LogP contribution in [-0.2, 0) is 4.74 Å². The summed E-state index contributed by atoms with van der Waals surface area (Å²) in [6.07, 6.45) is 7.72. The first-order chi connectivity index (χ1) is 6.27. The molecule has 0 saturated heterocycles. The number of hydrogen-bond donors (Lipinski definition) is 0. The van der Waals surface area contributed by atoms with Crippen LogP contribution in [0.15, 0.2) is 12.2 Å². The maximum Gasteiger partial charge on any atom is 0.0841 e. The van der Waals surface area contributed by atoms with Gasteiger partial charge in [-0.25, -0.2) is 0 Å². The largest absolute Gasteiger partial charge is 0.371 e. The van der Waals surface area contributed by atoms with Crippen LogP contribution in [-0.4, -0.2) is 6.61 Å². The minimum atomic E-state index is 0.676. The van der Waals surface area contributed by atoms with Gasteiger partial charge in [-0.15, -0.1) is 0 Å². The van der Waals surface area contributed by atoms with Crippen LogP contribution in [0.1, 0.15) is 52.4 Å². The third kappa shape index (κ3) is 11.7. The number of unbranched alkanes of at least 4 members (excludes halogenated alkanes) is 5. The van der Waals surface area contributed by atoms with Crippen LogP contribution in [0.25, 0.3) is 0 Å². The highest BCUT2D eigenvalue weighted by atomic mass is 16.5. The van der Waals surface area contributed by atoms with E-state index >= 15 is 0 Å². The van der Waals surface area contributed by atoms with Crippen molar-refractivity contribution in [1.82, 2.24) is 0 Å². The predicted molar refractivity (Wildman–Crippen MR) is 58.4 cm³/mol. The molecule has 0 aromatic carbocycles. The van der Waals surface area contributed by atoms with Gasteiger partial charge in [-0.1, -0.05) is 51.2 Å². The van der Waals surface area contributed by atoms with Crippen molar-refractivity contribution in [2.45, 2.75) is 52.4 Å². The van der Waals surface area contributed by atoms with Crippen LogP contribution in [0, 0.1) is 6.61 Å². The zero-order valence-electron chi connectivity index (χ0n) is 9.14. The topological polar surface area (TPSA) is 9.23 Å². The maximum atomic E-state index is 5.28. The molecular weight excluding hydrogens is 160 g/mol. The summed E-state index contributed by atoms with van der Waals surface area (Å²) in [5, 5.41) is 0. The van der Waals surface area contributed by atoms with Crippen LogP contribution >= 0.6 is 0 Å². The number of ether oxygens (including phenoxy) is 1. The van der Waals surface area contributed by atoms with Crippen molar-refractivity contribution in [2.75, 3.05) is 6.61 Å². The fraction of sp³-hybridized carbons (Fsp3) is 0.750. The molecule has 0 spiro atoms. The highest BCUT2D eigenvalue weighted by Gasteiger charge is 1.91. The molecule has 1 heteroatoms. The van der Waals surface area contributed by atoms with Gasteiger partial charge in [-0.05, 0) is 13.3 Å². The number of rotatable bonds is 9. The zero-order chi connectivity index (χ0) is 9.94. The summed E-state index contributed by atoms with van der Waals surface area (Å²) in [4.78, 5) is 0. The van der Waals surface area contributed by atoms with Gasteiger partial charge in [-0.3, -0.25) is 0 Å². The van der Waals surface area contributed by atoms with E-state index in [0.29, 0.717) is 6.61 Å². The molecule has 0 heterocycles. The maximum absolute atomic E-state index is 5.28. The molecular formula is C12H23O. The van der Waals surface area contributed by atoms with E-state index in [0.717, 1.165) is 12.0 Å². The van der Waals surface area contributed by atoms with Crippen molar-refractivity contribution < 1.29 is 4.74 Å². The second-order valence-corrected chi connectivity index (χ2v) is 3.64. The molecule has 0 aliphatic carbocycles. The van der Waals surface area contributed by atoms with E-state index in [1.54, 1.807) is 0 Å². The normalized spacial score (nSPS) is 10.3. The van der Waals surface area contributed by atoms with Crippen LogP contribution < -0.4 is 0 Å². The quantitative estimate of drug-likeness (QED) is 0.386. The Bertz CT molecular complexity index is 118. The molecule has 1 radical (unpaired) electrons. The van der Waals surface area contributed by atoms with Gasteiger partial charge in [0, 0.05) is 0 Å². The van der Waals surface area contributed by atoms with Crippen LogP contribution in [0.4, 0.5) is 0 Å². The first-order valence-electron chi connectivity index (χ1n) is 5.35. The Balaban J connectivity index is 2.87. The molecule has 0 bridgehead atoms. The van der Waals surface area contributed by atoms with Crippen molar-refractivity contribution in [3.63, 3.8) is 0 Å². The summed E-state index contributed by atoms with van der Waals surface area (Å²) in [5.74, 6) is 0. The summed E-state index contributed by atoms with van der Waals surface area (Å²) >= 11 is 0. The molecule has 0 unspecified atom stereocenters. The molecule has 0 aliphatic heterocycles. The SMILES string of the molecule is C=C(C)CO[CH]CCCCCCC. The molecule has 0 aromatic rings. The second kappa shape index (κ2) is 9.79. The van der Waals surface area contributed by atoms with Gasteiger partial charge in [-0.2, -0.15) is 0 Å². The van der Waals surface area contributed by atoms with Crippen LogP contribution in [0.3, 0.4) is 0 Å². The summed E-state index contributed by atoms with van der Waals surface area (Å²) in [6, 6.07) is 0. The van der Waals surface area contributed by atoms with E-state index in [-0.39, 0.29) is 0 Å². The monoisotopic (exact) mass is 183 g/mol. The molecule has 0 N–H and O–H groups in total. The average Bonchev–Trinajstić information content (AvgIpc) is 2.09. The van der Waals surface area contributed by atoms with Crippen molar-refractivity contribution in [3.8, 4) is 0 Å². The van der Waals surface area contributed by atoms with Crippen molar-refractivity contribution in [2.24, 2.45) is 0 Å². The Labute approximate surface area is 83.2 Å². The molecule has 77 valence electrons. The molecule has 0 fully saturated rings. The Morgan fingerprint density at radius 1 is 1.23 bits per heavy atom. The van der Waals surface area contributed by atoms with E-state index in [9.17, 15) is 0 Å². The summed E-state index contributed by atoms with van der Waals surface area (Å²) < 4.78 is 5.28. The smallest absolute Gasteiger partial charge is 0.0841 e. The van der Waals surface area contributed by atoms with Crippen molar-refractivity contribution in [3.05, 3.63) is 18.8 Å². The van der Waals surface area contributed by atoms with E-state index in [1.807, 2.05) is 13.5 Å². The van der Waals surface area contributed by atoms with Gasteiger partial charge in [0.2, 0.25) is 0 Å². The van der Waals surface area contributed by atoms with E-state index < -0.39 is 0 Å². The predicted octanol–water partition coefficient (Wildman–Crippen LogP) is 4.10. The first-order valence-corrected chi connectivity index (χ1v) is 5.35. The van der Waals surface area contributed by atoms with Gasteiger partial charge in [0.25, 0.3) is 0 Å². The zero-order valence-corrected chi connectivity index (χ0v) is 9.14. The Morgan fingerprint density at radius 3 is 2.54 bits per heavy atom. The summed E-state index contributed by atoms with van der Waals surface area (Å²) in [7, 11) is 0. The van der Waals surface area contributed by atoms with Gasteiger partial charge >= 0.3 is 0 Å². The van der Waals surface area contributed by atoms with E-state index in [4.69, 9.17) is 4.74 Å². The summed E-state index contributed by atoms with van der Waals surface area (Å²) in [6.45, 7) is 10.6. The lowest BCUT2D eigenvalue weighted by Gasteiger charge is -2.02. The lowest BCUT2D eigenvalue weighted by Crippen LogP contribution is -1.92. The molecule has 0 amide bonds. The molecule has 0 aromatic heterocycles. The fourth-order valence-electron chi connectivity index (χ4n) is 1.12. The third-order valence-corrected chi connectivity index (χ3v) is 1.87. The summed E-state index contributed by atoms with van der Waals surface area (Å²) in [5.41, 5.74) is 1.09. The van der Waals surface area contributed by atoms with Gasteiger partial charge in [0.1, 0.15) is 0 Å². The van der Waals surface area contributed by atoms with Crippen LogP contribution in [0.5, 0.6) is 0 Å².